The van der Waals surface area contributed by atoms with Crippen LogP contribution in [0.15, 0.2) is 18.2 Å². The minimum Gasteiger partial charge on any atom is -0.465 e. The number of hydrogen-bond donors (Lipinski definition) is 1. The molecule has 1 aliphatic rings. The van der Waals surface area contributed by atoms with Crippen LogP contribution in [0.2, 0.25) is 0 Å². The van der Waals surface area contributed by atoms with Crippen LogP contribution >= 0.6 is 0 Å². The van der Waals surface area contributed by atoms with Crippen molar-refractivity contribution in [3.63, 3.8) is 0 Å². The summed E-state index contributed by atoms with van der Waals surface area (Å²) in [6.45, 7) is 0.141. The van der Waals surface area contributed by atoms with Gasteiger partial charge in [0.05, 0.1) is 25.0 Å². The number of carbonyl (C=O) groups excluding carboxylic acids is 1. The molecule has 1 fully saturated rings. The zero-order valence-electron chi connectivity index (χ0n) is 11.2. The summed E-state index contributed by atoms with van der Waals surface area (Å²) in [5, 5.41) is 8.97. The Balaban J connectivity index is 2.13. The van der Waals surface area contributed by atoms with Crippen molar-refractivity contribution in [2.45, 2.75) is 18.5 Å². The standard InChI is InChI=1S/C14H17F2NO3/c1-20-13(19)10-2-3-12(11(15)8-10)17-6-4-14(16,9-18)5-7-17/h2-3,8,18H,4-7,9H2,1H3. The summed E-state index contributed by atoms with van der Waals surface area (Å²) in [6.07, 6.45) is 0.309. The molecule has 6 heteroatoms. The van der Waals surface area contributed by atoms with Crippen molar-refractivity contribution in [3.8, 4) is 0 Å². The molecule has 0 unspecified atom stereocenters. The fourth-order valence-electron chi connectivity index (χ4n) is 2.31. The molecular formula is C14H17F2NO3. The third kappa shape index (κ3) is 2.90. The molecule has 1 N–H and O–H groups in total. The average molecular weight is 285 g/mol. The Bertz CT molecular complexity index is 499. The Kier molecular flexibility index (Phi) is 4.23. The molecule has 2 rings (SSSR count). The van der Waals surface area contributed by atoms with Crippen LogP contribution < -0.4 is 4.90 Å². The second-order valence-electron chi connectivity index (χ2n) is 4.95. The Morgan fingerprint density at radius 1 is 1.45 bits per heavy atom. The number of alkyl halides is 1. The molecular weight excluding hydrogens is 268 g/mol. The number of esters is 1. The van der Waals surface area contributed by atoms with Crippen LogP contribution in [0, 0.1) is 5.82 Å². The number of aliphatic hydroxyl groups is 1. The van der Waals surface area contributed by atoms with Gasteiger partial charge in [0.2, 0.25) is 0 Å². The maximum Gasteiger partial charge on any atom is 0.337 e. The second kappa shape index (κ2) is 5.75. The molecule has 20 heavy (non-hydrogen) atoms. The first-order valence-electron chi connectivity index (χ1n) is 6.42. The van der Waals surface area contributed by atoms with E-state index in [4.69, 9.17) is 5.11 Å². The van der Waals surface area contributed by atoms with E-state index in [0.717, 1.165) is 6.07 Å². The fourth-order valence-corrected chi connectivity index (χ4v) is 2.31. The van der Waals surface area contributed by atoms with E-state index in [0.29, 0.717) is 18.8 Å². The molecule has 1 aromatic carbocycles. The highest BCUT2D eigenvalue weighted by Crippen LogP contribution is 2.30. The van der Waals surface area contributed by atoms with Gasteiger partial charge in [-0.25, -0.2) is 13.6 Å². The van der Waals surface area contributed by atoms with Gasteiger partial charge in [-0.1, -0.05) is 0 Å². The lowest BCUT2D eigenvalue weighted by Crippen LogP contribution is -2.44. The third-order valence-corrected chi connectivity index (χ3v) is 3.65. The molecule has 1 saturated heterocycles. The fraction of sp³-hybridized carbons (Fsp3) is 0.500. The predicted molar refractivity (Wildman–Crippen MR) is 70.1 cm³/mol. The quantitative estimate of drug-likeness (QED) is 0.862. The van der Waals surface area contributed by atoms with Crippen molar-refractivity contribution in [3.05, 3.63) is 29.6 Å². The molecule has 0 radical (unpaired) electrons. The van der Waals surface area contributed by atoms with Gasteiger partial charge >= 0.3 is 5.97 Å². The van der Waals surface area contributed by atoms with E-state index in [-0.39, 0.29) is 18.4 Å². The lowest BCUT2D eigenvalue weighted by Gasteiger charge is -2.36. The van der Waals surface area contributed by atoms with Crippen molar-refractivity contribution in [2.24, 2.45) is 0 Å². The van der Waals surface area contributed by atoms with Gasteiger partial charge in [-0.15, -0.1) is 0 Å². The highest BCUT2D eigenvalue weighted by atomic mass is 19.1. The van der Waals surface area contributed by atoms with E-state index in [1.165, 1.54) is 19.2 Å². The van der Waals surface area contributed by atoms with Gasteiger partial charge < -0.3 is 14.7 Å². The molecule has 1 heterocycles. The van der Waals surface area contributed by atoms with E-state index < -0.39 is 24.1 Å². The molecule has 0 saturated carbocycles. The molecule has 0 aliphatic carbocycles. The van der Waals surface area contributed by atoms with E-state index in [9.17, 15) is 13.6 Å². The number of nitrogens with zero attached hydrogens (tertiary/aromatic N) is 1. The maximum absolute atomic E-state index is 14.0. The SMILES string of the molecule is COC(=O)c1ccc(N2CCC(F)(CO)CC2)c(F)c1. The summed E-state index contributed by atoms with van der Waals surface area (Å²) in [4.78, 5) is 13.0. The van der Waals surface area contributed by atoms with Crippen LogP contribution in [-0.2, 0) is 4.74 Å². The Morgan fingerprint density at radius 3 is 2.60 bits per heavy atom. The number of carbonyl (C=O) groups is 1. The number of halogens is 2. The van der Waals surface area contributed by atoms with Crippen LogP contribution in [-0.4, -0.2) is 43.6 Å². The van der Waals surface area contributed by atoms with Gasteiger partial charge in [-0.2, -0.15) is 0 Å². The zero-order valence-corrected chi connectivity index (χ0v) is 11.2. The van der Waals surface area contributed by atoms with Gasteiger partial charge in [-0.3, -0.25) is 0 Å². The molecule has 110 valence electrons. The summed E-state index contributed by atoms with van der Waals surface area (Å²) >= 11 is 0. The highest BCUT2D eigenvalue weighted by molar-refractivity contribution is 5.89. The predicted octanol–water partition coefficient (Wildman–Crippen LogP) is 1.91. The minimum absolute atomic E-state index is 0.140. The topological polar surface area (TPSA) is 49.8 Å². The van der Waals surface area contributed by atoms with E-state index in [1.807, 2.05) is 0 Å². The molecule has 1 aliphatic heterocycles. The zero-order chi connectivity index (χ0) is 14.8. The second-order valence-corrected chi connectivity index (χ2v) is 4.95. The van der Waals surface area contributed by atoms with Gasteiger partial charge in [0.15, 0.2) is 0 Å². The first kappa shape index (κ1) is 14.7. The number of hydrogen-bond acceptors (Lipinski definition) is 4. The Labute approximate surface area is 116 Å². The molecule has 4 nitrogen and oxygen atoms in total. The molecule has 0 atom stereocenters. The summed E-state index contributed by atoms with van der Waals surface area (Å²) in [5.41, 5.74) is -1.10. The van der Waals surface area contributed by atoms with Crippen LogP contribution in [0.5, 0.6) is 0 Å². The summed E-state index contributed by atoms with van der Waals surface area (Å²) < 4.78 is 32.4. The Hall–Kier alpha value is -1.69. The van der Waals surface area contributed by atoms with Gasteiger partial charge in [0.1, 0.15) is 11.5 Å². The summed E-state index contributed by atoms with van der Waals surface area (Å²) in [6, 6.07) is 4.09. The lowest BCUT2D eigenvalue weighted by atomic mass is 9.94. The van der Waals surface area contributed by atoms with Crippen molar-refractivity contribution in [1.82, 2.24) is 0 Å². The van der Waals surface area contributed by atoms with Gasteiger partial charge in [0, 0.05) is 25.9 Å². The normalized spacial score (nSPS) is 17.9. The number of rotatable bonds is 3. The molecule has 1 aromatic rings. The largest absolute Gasteiger partial charge is 0.465 e. The van der Waals surface area contributed by atoms with Crippen molar-refractivity contribution >= 4 is 11.7 Å². The minimum atomic E-state index is -1.57. The summed E-state index contributed by atoms with van der Waals surface area (Å²) in [7, 11) is 1.23. The average Bonchev–Trinajstić information content (AvgIpc) is 2.47. The monoisotopic (exact) mass is 285 g/mol. The molecule has 0 aromatic heterocycles. The molecule has 0 bridgehead atoms. The maximum atomic E-state index is 14.0. The van der Waals surface area contributed by atoms with Crippen LogP contribution in [0.4, 0.5) is 14.5 Å². The van der Waals surface area contributed by atoms with Crippen LogP contribution in [0.1, 0.15) is 23.2 Å². The van der Waals surface area contributed by atoms with E-state index in [2.05, 4.69) is 4.74 Å². The number of aliphatic hydroxyl groups excluding tert-OH is 1. The Morgan fingerprint density at radius 2 is 2.10 bits per heavy atom. The first-order valence-corrected chi connectivity index (χ1v) is 6.42. The molecule has 0 amide bonds. The van der Waals surface area contributed by atoms with Crippen molar-refractivity contribution in [2.75, 3.05) is 31.7 Å². The van der Waals surface area contributed by atoms with Crippen molar-refractivity contribution in [1.29, 1.82) is 0 Å². The lowest BCUT2D eigenvalue weighted by molar-refractivity contribution is 0.0480. The number of anilines is 1. The van der Waals surface area contributed by atoms with Crippen LogP contribution in [0.3, 0.4) is 0 Å². The smallest absolute Gasteiger partial charge is 0.337 e. The van der Waals surface area contributed by atoms with E-state index >= 15 is 0 Å². The van der Waals surface area contributed by atoms with Crippen LogP contribution in [0.25, 0.3) is 0 Å². The number of benzene rings is 1. The van der Waals surface area contributed by atoms with Gasteiger partial charge in [-0.05, 0) is 18.2 Å². The highest BCUT2D eigenvalue weighted by Gasteiger charge is 2.34. The number of ether oxygens (including phenoxy) is 1. The summed E-state index contributed by atoms with van der Waals surface area (Å²) in [5.74, 6) is -1.14. The number of piperidine rings is 1. The van der Waals surface area contributed by atoms with Crippen molar-refractivity contribution < 1.29 is 23.4 Å². The third-order valence-electron chi connectivity index (χ3n) is 3.65. The number of methoxy groups -OCH3 is 1. The molecule has 0 spiro atoms. The van der Waals surface area contributed by atoms with E-state index in [1.54, 1.807) is 4.90 Å². The first-order chi connectivity index (χ1) is 9.49. The van der Waals surface area contributed by atoms with Gasteiger partial charge in [0.25, 0.3) is 0 Å².